The Balaban J connectivity index is 1.51. The number of rotatable bonds is 4. The molecule has 254 valence electrons. The maximum absolute atomic E-state index is 13.4. The first-order valence-corrected chi connectivity index (χ1v) is 17.7. The first kappa shape index (κ1) is 33.9. The highest BCUT2D eigenvalue weighted by atomic mass is 16.3. The summed E-state index contributed by atoms with van der Waals surface area (Å²) >= 11 is 0. The predicted molar refractivity (Wildman–Crippen MR) is 211 cm³/mol. The van der Waals surface area contributed by atoms with Crippen LogP contribution in [0.4, 0.5) is 0 Å². The predicted octanol–water partition coefficient (Wildman–Crippen LogP) is 12.2. The molecule has 3 nitrogen and oxygen atoms in total. The second-order valence-corrected chi connectivity index (χ2v) is 15.9. The second-order valence-electron chi connectivity index (χ2n) is 15.9. The number of fused-ring (bicyclic) bond motifs is 2. The Hall–Kier alpha value is -5.54. The van der Waals surface area contributed by atoms with E-state index in [9.17, 15) is 9.59 Å². The van der Waals surface area contributed by atoms with Crippen LogP contribution in [0.25, 0.3) is 32.7 Å². The standard InChI is InChI=1S/C48H44O3/c1-29-23-37(27-39(45(29)49)47(3,4)5)43(35-19-17-31-13-9-11-15-33(31)25-35)41-21-22-42(51-41)44(36-20-18-32-14-10-12-16-34(32)26-36)38-24-30(2)46(50)40(28-38)48(6,7)8/h9-28H,1-8H3. The average Bonchev–Trinajstić information content (AvgIpc) is 3.55. The minimum absolute atomic E-state index is 0.0722. The fourth-order valence-electron chi connectivity index (χ4n) is 7.15. The summed E-state index contributed by atoms with van der Waals surface area (Å²) in [6.45, 7) is 16.3. The van der Waals surface area contributed by atoms with Crippen LogP contribution in [0.15, 0.2) is 159 Å². The zero-order valence-corrected chi connectivity index (χ0v) is 30.8. The van der Waals surface area contributed by atoms with Crippen LogP contribution in [0.1, 0.15) is 78.0 Å². The van der Waals surface area contributed by atoms with Gasteiger partial charge in [0, 0.05) is 22.3 Å². The van der Waals surface area contributed by atoms with E-state index in [1.54, 1.807) is 0 Å². The number of carbonyl (C=O) groups excluding carboxylic acids is 2. The third-order valence-electron chi connectivity index (χ3n) is 9.92. The van der Waals surface area contributed by atoms with Crippen molar-refractivity contribution in [2.24, 2.45) is 10.8 Å². The van der Waals surface area contributed by atoms with E-state index in [1.807, 2.05) is 62.4 Å². The first-order valence-electron chi connectivity index (χ1n) is 17.7. The highest BCUT2D eigenvalue weighted by molar-refractivity contribution is 6.12. The van der Waals surface area contributed by atoms with Gasteiger partial charge in [0.05, 0.1) is 0 Å². The Labute approximate surface area is 301 Å². The van der Waals surface area contributed by atoms with Crippen molar-refractivity contribution in [3.63, 3.8) is 0 Å². The molecule has 0 amide bonds. The van der Waals surface area contributed by atoms with E-state index in [0.29, 0.717) is 22.7 Å². The second kappa shape index (κ2) is 12.7. The molecule has 0 fully saturated rings. The normalized spacial score (nSPS) is 17.6. The average molecular weight is 669 g/mol. The van der Waals surface area contributed by atoms with Crippen LogP contribution in [-0.2, 0) is 9.59 Å². The molecular formula is C48H44O3. The van der Waals surface area contributed by atoms with Crippen molar-refractivity contribution in [3.8, 4) is 0 Å². The molecule has 5 aromatic rings. The molecule has 0 saturated heterocycles. The third-order valence-corrected chi connectivity index (χ3v) is 9.92. The minimum Gasteiger partial charge on any atom is -0.456 e. The molecule has 0 radical (unpaired) electrons. The summed E-state index contributed by atoms with van der Waals surface area (Å²) in [6, 6.07) is 33.7. The lowest BCUT2D eigenvalue weighted by Crippen LogP contribution is -2.21. The molecule has 2 aliphatic rings. The molecule has 0 unspecified atom stereocenters. The van der Waals surface area contributed by atoms with Crippen LogP contribution in [0.5, 0.6) is 0 Å². The molecule has 2 aliphatic carbocycles. The van der Waals surface area contributed by atoms with E-state index in [2.05, 4.69) is 114 Å². The van der Waals surface area contributed by atoms with Crippen LogP contribution in [0, 0.1) is 10.8 Å². The van der Waals surface area contributed by atoms with Gasteiger partial charge < -0.3 is 4.42 Å². The van der Waals surface area contributed by atoms with E-state index in [1.165, 1.54) is 0 Å². The molecule has 0 atom stereocenters. The summed E-state index contributed by atoms with van der Waals surface area (Å²) in [4.78, 5) is 26.9. The molecule has 0 saturated carbocycles. The molecule has 4 aromatic carbocycles. The molecule has 0 aliphatic heterocycles. The highest BCUT2D eigenvalue weighted by Crippen LogP contribution is 2.42. The molecule has 3 heteroatoms. The Morgan fingerprint density at radius 2 is 0.843 bits per heavy atom. The zero-order valence-electron chi connectivity index (χ0n) is 30.8. The van der Waals surface area contributed by atoms with E-state index in [0.717, 1.165) is 66.1 Å². The monoisotopic (exact) mass is 668 g/mol. The number of carbonyl (C=O) groups is 2. The number of hydrogen-bond donors (Lipinski definition) is 0. The van der Waals surface area contributed by atoms with Crippen molar-refractivity contribution in [2.45, 2.75) is 55.4 Å². The molecule has 0 bridgehead atoms. The largest absolute Gasteiger partial charge is 0.456 e. The quantitative estimate of drug-likeness (QED) is 0.191. The van der Waals surface area contributed by atoms with Crippen LogP contribution in [0.3, 0.4) is 0 Å². The Morgan fingerprint density at radius 3 is 1.22 bits per heavy atom. The molecule has 1 aromatic heterocycles. The van der Waals surface area contributed by atoms with Gasteiger partial charge in [0.25, 0.3) is 0 Å². The number of Topliss-reactive ketones (excluding diaryl/α,β-unsaturated/α-hetero) is 2. The van der Waals surface area contributed by atoms with E-state index < -0.39 is 0 Å². The summed E-state index contributed by atoms with van der Waals surface area (Å²) in [5.41, 5.74) is 7.97. The number of allylic oxidation sites excluding steroid dienone is 10. The number of furan rings is 1. The van der Waals surface area contributed by atoms with Gasteiger partial charge in [0.2, 0.25) is 0 Å². The van der Waals surface area contributed by atoms with Gasteiger partial charge in [-0.15, -0.1) is 0 Å². The Kier molecular flexibility index (Phi) is 8.42. The van der Waals surface area contributed by atoms with Crippen LogP contribution < -0.4 is 0 Å². The van der Waals surface area contributed by atoms with E-state index in [-0.39, 0.29) is 22.4 Å². The number of hydrogen-bond acceptors (Lipinski definition) is 3. The third kappa shape index (κ3) is 6.45. The lowest BCUT2D eigenvalue weighted by atomic mass is 9.77. The Morgan fingerprint density at radius 1 is 0.471 bits per heavy atom. The summed E-state index contributed by atoms with van der Waals surface area (Å²) in [7, 11) is 0. The van der Waals surface area contributed by atoms with Crippen molar-refractivity contribution in [3.05, 3.63) is 177 Å². The summed E-state index contributed by atoms with van der Waals surface area (Å²) in [5.74, 6) is 1.54. The fourth-order valence-corrected chi connectivity index (χ4v) is 7.15. The maximum Gasteiger partial charge on any atom is 0.185 e. The van der Waals surface area contributed by atoms with Crippen molar-refractivity contribution in [2.75, 3.05) is 0 Å². The number of ketones is 2. The zero-order chi connectivity index (χ0) is 36.2. The number of benzene rings is 4. The van der Waals surface area contributed by atoms with Gasteiger partial charge in [-0.05, 0) is 128 Å². The lowest BCUT2D eigenvalue weighted by molar-refractivity contribution is -0.113. The van der Waals surface area contributed by atoms with Crippen molar-refractivity contribution < 1.29 is 14.0 Å². The van der Waals surface area contributed by atoms with Gasteiger partial charge in [-0.3, -0.25) is 9.59 Å². The van der Waals surface area contributed by atoms with Gasteiger partial charge in [0.15, 0.2) is 11.6 Å². The molecular weight excluding hydrogens is 625 g/mol. The topological polar surface area (TPSA) is 47.3 Å². The summed E-state index contributed by atoms with van der Waals surface area (Å²) in [6.07, 6.45) is 8.07. The summed E-state index contributed by atoms with van der Waals surface area (Å²) in [5, 5.41) is 4.56. The van der Waals surface area contributed by atoms with Gasteiger partial charge in [-0.25, -0.2) is 0 Å². The molecule has 51 heavy (non-hydrogen) atoms. The molecule has 7 rings (SSSR count). The SMILES string of the molecule is CC1=CC(=C(c2ccc3ccccc3c2)c2ccc(C(=C3C=C(C)C(=O)C(C(C)(C)C)=C3)c3ccc4ccccc4c3)o2)C=C(C(C)(C)C)C1=O. The smallest absolute Gasteiger partial charge is 0.185 e. The molecule has 0 spiro atoms. The van der Waals surface area contributed by atoms with Crippen LogP contribution in [0.2, 0.25) is 0 Å². The first-order chi connectivity index (χ1) is 24.2. The van der Waals surface area contributed by atoms with Crippen molar-refractivity contribution in [1.82, 2.24) is 0 Å². The van der Waals surface area contributed by atoms with E-state index in [4.69, 9.17) is 4.42 Å². The van der Waals surface area contributed by atoms with Gasteiger partial charge in [-0.2, -0.15) is 0 Å². The summed E-state index contributed by atoms with van der Waals surface area (Å²) < 4.78 is 7.01. The van der Waals surface area contributed by atoms with E-state index >= 15 is 0 Å². The van der Waals surface area contributed by atoms with Crippen LogP contribution >= 0.6 is 0 Å². The lowest BCUT2D eigenvalue weighted by Gasteiger charge is -2.26. The highest BCUT2D eigenvalue weighted by Gasteiger charge is 2.31. The van der Waals surface area contributed by atoms with Crippen molar-refractivity contribution in [1.29, 1.82) is 0 Å². The minimum atomic E-state index is -0.339. The van der Waals surface area contributed by atoms with Crippen LogP contribution in [-0.4, -0.2) is 11.6 Å². The van der Waals surface area contributed by atoms with Gasteiger partial charge >= 0.3 is 0 Å². The van der Waals surface area contributed by atoms with Gasteiger partial charge in [-0.1, -0.05) is 114 Å². The Bertz CT molecular complexity index is 2290. The fraction of sp³-hybridized carbons (Fsp3) is 0.208. The van der Waals surface area contributed by atoms with Crippen molar-refractivity contribution >= 4 is 44.3 Å². The van der Waals surface area contributed by atoms with Gasteiger partial charge in [0.1, 0.15) is 11.5 Å². The maximum atomic E-state index is 13.4. The molecule has 0 N–H and O–H groups in total. The molecule has 1 heterocycles.